The molecular weight excluding hydrogens is 359 g/mol. The number of rotatable bonds is 5. The first-order valence-corrected chi connectivity index (χ1v) is 8.96. The lowest BCUT2D eigenvalue weighted by Gasteiger charge is -2.36. The summed E-state index contributed by atoms with van der Waals surface area (Å²) in [5.41, 5.74) is 2.08. The maximum atomic E-state index is 12.3. The van der Waals surface area contributed by atoms with Crippen LogP contribution in [-0.2, 0) is 11.3 Å². The van der Waals surface area contributed by atoms with Gasteiger partial charge in [-0.25, -0.2) is 0 Å². The summed E-state index contributed by atoms with van der Waals surface area (Å²) in [6.45, 7) is 3.90. The molecule has 1 amide bonds. The summed E-state index contributed by atoms with van der Waals surface area (Å²) in [5, 5.41) is 4.46. The monoisotopic (exact) mass is 378 g/mol. The third kappa shape index (κ3) is 4.84. The maximum Gasteiger partial charge on any atom is 0.236 e. The minimum atomic E-state index is 0.121. The Morgan fingerprint density at radius 3 is 2.48 bits per heavy atom. The van der Waals surface area contributed by atoms with Gasteiger partial charge < -0.3 is 15.1 Å². The second-order valence-electron chi connectivity index (χ2n) is 5.92. The lowest BCUT2D eigenvalue weighted by Crippen LogP contribution is -2.50. The Morgan fingerprint density at radius 1 is 1.08 bits per heavy atom. The van der Waals surface area contributed by atoms with Gasteiger partial charge in [0.1, 0.15) is 0 Å². The zero-order chi connectivity index (χ0) is 17.6. The molecule has 2 heterocycles. The molecule has 25 heavy (non-hydrogen) atoms. The van der Waals surface area contributed by atoms with Crippen molar-refractivity contribution in [1.82, 2.24) is 15.2 Å². The molecule has 1 aromatic heterocycles. The number of hydrogen-bond acceptors (Lipinski definition) is 4. The molecule has 0 aliphatic carbocycles. The van der Waals surface area contributed by atoms with E-state index in [1.165, 1.54) is 0 Å². The third-order valence-corrected chi connectivity index (χ3v) is 4.78. The normalized spacial score (nSPS) is 14.6. The first kappa shape index (κ1) is 18.0. The zero-order valence-corrected chi connectivity index (χ0v) is 15.3. The van der Waals surface area contributed by atoms with Crippen LogP contribution < -0.4 is 10.2 Å². The van der Waals surface area contributed by atoms with E-state index in [1.807, 2.05) is 29.2 Å². The fourth-order valence-corrected chi connectivity index (χ4v) is 3.39. The Kier molecular flexibility index (Phi) is 6.13. The highest BCUT2D eigenvalue weighted by molar-refractivity contribution is 6.36. The molecule has 132 valence electrons. The van der Waals surface area contributed by atoms with Gasteiger partial charge in [0.15, 0.2) is 0 Å². The molecule has 0 saturated carbocycles. The van der Waals surface area contributed by atoms with E-state index in [9.17, 15) is 4.79 Å². The standard InChI is InChI=1S/C18H20Cl2N4O/c19-15-1-2-17(16(20)11-15)23-7-9-24(10-8-23)18(25)13-22-12-14-3-5-21-6-4-14/h1-6,11,22H,7-10,12-13H2. The van der Waals surface area contributed by atoms with Gasteiger partial charge in [-0.3, -0.25) is 9.78 Å². The highest BCUT2D eigenvalue weighted by atomic mass is 35.5. The molecule has 1 aromatic carbocycles. The van der Waals surface area contributed by atoms with Crippen molar-refractivity contribution in [3.63, 3.8) is 0 Å². The fraction of sp³-hybridized carbons (Fsp3) is 0.333. The summed E-state index contributed by atoms with van der Waals surface area (Å²) in [4.78, 5) is 20.4. The number of halogens is 2. The number of benzene rings is 1. The number of carbonyl (C=O) groups is 1. The van der Waals surface area contributed by atoms with Crippen LogP contribution in [-0.4, -0.2) is 48.5 Å². The van der Waals surface area contributed by atoms with Gasteiger partial charge in [-0.15, -0.1) is 0 Å². The van der Waals surface area contributed by atoms with Crippen molar-refractivity contribution in [3.05, 3.63) is 58.3 Å². The van der Waals surface area contributed by atoms with E-state index < -0.39 is 0 Å². The molecule has 1 aliphatic rings. The van der Waals surface area contributed by atoms with Gasteiger partial charge in [0.2, 0.25) is 5.91 Å². The van der Waals surface area contributed by atoms with Crippen LogP contribution in [0.25, 0.3) is 0 Å². The van der Waals surface area contributed by atoms with Crippen molar-refractivity contribution in [2.45, 2.75) is 6.54 Å². The molecule has 1 saturated heterocycles. The number of carbonyl (C=O) groups excluding carboxylic acids is 1. The van der Waals surface area contributed by atoms with Gasteiger partial charge in [0.25, 0.3) is 0 Å². The molecule has 7 heteroatoms. The molecular formula is C18H20Cl2N4O. The second-order valence-corrected chi connectivity index (χ2v) is 6.77. The SMILES string of the molecule is O=C(CNCc1ccncc1)N1CCN(c2ccc(Cl)cc2Cl)CC1. The average Bonchev–Trinajstić information content (AvgIpc) is 2.63. The minimum Gasteiger partial charge on any atom is -0.367 e. The number of aromatic nitrogens is 1. The summed E-state index contributed by atoms with van der Waals surface area (Å²) in [5.74, 6) is 0.121. The van der Waals surface area contributed by atoms with E-state index in [2.05, 4.69) is 15.2 Å². The Hall–Kier alpha value is -1.82. The van der Waals surface area contributed by atoms with E-state index in [-0.39, 0.29) is 5.91 Å². The minimum absolute atomic E-state index is 0.121. The van der Waals surface area contributed by atoms with Gasteiger partial charge in [0, 0.05) is 50.1 Å². The van der Waals surface area contributed by atoms with Gasteiger partial charge in [-0.05, 0) is 35.9 Å². The van der Waals surface area contributed by atoms with E-state index in [4.69, 9.17) is 23.2 Å². The van der Waals surface area contributed by atoms with Gasteiger partial charge in [-0.1, -0.05) is 23.2 Å². The molecule has 0 bridgehead atoms. The largest absolute Gasteiger partial charge is 0.367 e. The molecule has 1 N–H and O–H groups in total. The second kappa shape index (κ2) is 8.52. The first-order chi connectivity index (χ1) is 12.1. The lowest BCUT2D eigenvalue weighted by atomic mass is 10.2. The highest BCUT2D eigenvalue weighted by Gasteiger charge is 2.22. The summed E-state index contributed by atoms with van der Waals surface area (Å²) in [6.07, 6.45) is 3.50. The van der Waals surface area contributed by atoms with E-state index >= 15 is 0 Å². The number of nitrogens with zero attached hydrogens (tertiary/aromatic N) is 3. The molecule has 5 nitrogen and oxygen atoms in total. The molecule has 0 unspecified atom stereocenters. The summed E-state index contributed by atoms with van der Waals surface area (Å²) in [7, 11) is 0. The number of amides is 1. The molecule has 1 aliphatic heterocycles. The van der Waals surface area contributed by atoms with Crippen molar-refractivity contribution < 1.29 is 4.79 Å². The number of nitrogens with one attached hydrogen (secondary N) is 1. The molecule has 1 fully saturated rings. The third-order valence-electron chi connectivity index (χ3n) is 4.24. The Bertz CT molecular complexity index is 718. The zero-order valence-electron chi connectivity index (χ0n) is 13.8. The molecule has 0 spiro atoms. The Balaban J connectivity index is 1.46. The Labute approximate surface area is 157 Å². The van der Waals surface area contributed by atoms with Crippen LogP contribution in [0.4, 0.5) is 5.69 Å². The first-order valence-electron chi connectivity index (χ1n) is 8.21. The van der Waals surface area contributed by atoms with E-state index in [0.29, 0.717) is 36.2 Å². The van der Waals surface area contributed by atoms with Crippen LogP contribution in [0, 0.1) is 0 Å². The van der Waals surface area contributed by atoms with Gasteiger partial charge in [-0.2, -0.15) is 0 Å². The fourth-order valence-electron chi connectivity index (χ4n) is 2.86. The number of piperazine rings is 1. The molecule has 2 aromatic rings. The smallest absolute Gasteiger partial charge is 0.236 e. The quantitative estimate of drug-likeness (QED) is 0.868. The average molecular weight is 379 g/mol. The molecule has 0 radical (unpaired) electrons. The van der Waals surface area contributed by atoms with Gasteiger partial charge >= 0.3 is 0 Å². The van der Waals surface area contributed by atoms with Crippen LogP contribution >= 0.6 is 23.2 Å². The molecule has 3 rings (SSSR count). The van der Waals surface area contributed by atoms with E-state index in [1.54, 1.807) is 18.5 Å². The van der Waals surface area contributed by atoms with Crippen LogP contribution in [0.3, 0.4) is 0 Å². The van der Waals surface area contributed by atoms with Crippen LogP contribution in [0.2, 0.25) is 10.0 Å². The van der Waals surface area contributed by atoms with Crippen LogP contribution in [0.15, 0.2) is 42.7 Å². The number of pyridine rings is 1. The summed E-state index contributed by atoms with van der Waals surface area (Å²) >= 11 is 12.2. The topological polar surface area (TPSA) is 48.5 Å². The summed E-state index contributed by atoms with van der Waals surface area (Å²) < 4.78 is 0. The van der Waals surface area contributed by atoms with Crippen molar-refractivity contribution >= 4 is 34.8 Å². The van der Waals surface area contributed by atoms with Crippen LogP contribution in [0.1, 0.15) is 5.56 Å². The number of hydrogen-bond donors (Lipinski definition) is 1. The highest BCUT2D eigenvalue weighted by Crippen LogP contribution is 2.29. The maximum absolute atomic E-state index is 12.3. The van der Waals surface area contributed by atoms with Crippen molar-refractivity contribution in [2.75, 3.05) is 37.6 Å². The number of anilines is 1. The van der Waals surface area contributed by atoms with E-state index in [0.717, 1.165) is 24.3 Å². The molecule has 0 atom stereocenters. The predicted octanol–water partition coefficient (Wildman–Crippen LogP) is 2.83. The van der Waals surface area contributed by atoms with Crippen LogP contribution in [0.5, 0.6) is 0 Å². The summed E-state index contributed by atoms with van der Waals surface area (Å²) in [6, 6.07) is 9.39. The Morgan fingerprint density at radius 2 is 1.80 bits per heavy atom. The predicted molar refractivity (Wildman–Crippen MR) is 101 cm³/mol. The van der Waals surface area contributed by atoms with Crippen molar-refractivity contribution in [3.8, 4) is 0 Å². The van der Waals surface area contributed by atoms with Crippen molar-refractivity contribution in [1.29, 1.82) is 0 Å². The van der Waals surface area contributed by atoms with Gasteiger partial charge in [0.05, 0.1) is 17.3 Å². The lowest BCUT2D eigenvalue weighted by molar-refractivity contribution is -0.130. The van der Waals surface area contributed by atoms with Crippen molar-refractivity contribution in [2.24, 2.45) is 0 Å².